The predicted octanol–water partition coefficient (Wildman–Crippen LogP) is 3.32. The fraction of sp³-hybridized carbons (Fsp3) is 0.350. The largest absolute Gasteiger partial charge is 0.480 e. The molecule has 0 spiro atoms. The molecule has 2 aromatic rings. The highest BCUT2D eigenvalue weighted by atomic mass is 32.1. The summed E-state index contributed by atoms with van der Waals surface area (Å²) in [5, 5.41) is 12.2. The van der Waals surface area contributed by atoms with Gasteiger partial charge in [-0.05, 0) is 56.5 Å². The van der Waals surface area contributed by atoms with E-state index in [2.05, 4.69) is 5.32 Å². The van der Waals surface area contributed by atoms with Crippen molar-refractivity contribution in [2.24, 2.45) is 0 Å². The molecule has 1 aliphatic heterocycles. The molecule has 6 nitrogen and oxygen atoms in total. The number of carboxylic acid groups (broad SMARTS) is 1. The number of aryl methyl sites for hydroxylation is 1. The van der Waals surface area contributed by atoms with E-state index in [0.717, 1.165) is 22.6 Å². The van der Waals surface area contributed by atoms with Gasteiger partial charge in [0.2, 0.25) is 5.91 Å². The number of aliphatic carboxylic acids is 1. The molecule has 0 saturated carbocycles. The third kappa shape index (κ3) is 4.74. The average Bonchev–Trinajstić information content (AvgIpc) is 3.05. The van der Waals surface area contributed by atoms with E-state index in [-0.39, 0.29) is 18.2 Å². The van der Waals surface area contributed by atoms with Gasteiger partial charge in [0.25, 0.3) is 5.91 Å². The number of nitrogens with zero attached hydrogens (tertiary/aromatic N) is 1. The minimum absolute atomic E-state index is 0.150. The number of hydrogen-bond acceptors (Lipinski definition) is 4. The molecule has 1 aromatic carbocycles. The van der Waals surface area contributed by atoms with Crippen LogP contribution >= 0.6 is 11.3 Å². The number of rotatable bonds is 5. The van der Waals surface area contributed by atoms with E-state index in [9.17, 15) is 19.5 Å². The van der Waals surface area contributed by atoms with Gasteiger partial charge in [-0.2, -0.15) is 0 Å². The van der Waals surface area contributed by atoms with Crippen LogP contribution in [-0.4, -0.2) is 40.4 Å². The molecule has 3 rings (SSSR count). The first kappa shape index (κ1) is 19.1. The van der Waals surface area contributed by atoms with Crippen LogP contribution in [0.25, 0.3) is 0 Å². The van der Waals surface area contributed by atoms with Crippen molar-refractivity contribution in [2.45, 2.75) is 38.6 Å². The minimum atomic E-state index is -0.973. The van der Waals surface area contributed by atoms with Crippen LogP contribution in [0.2, 0.25) is 0 Å². The van der Waals surface area contributed by atoms with Crippen molar-refractivity contribution in [1.29, 1.82) is 0 Å². The van der Waals surface area contributed by atoms with Gasteiger partial charge < -0.3 is 15.3 Å². The van der Waals surface area contributed by atoms with Crippen LogP contribution in [0.4, 0.5) is 5.69 Å². The van der Waals surface area contributed by atoms with Crippen LogP contribution in [-0.2, 0) is 16.0 Å². The van der Waals surface area contributed by atoms with Gasteiger partial charge in [-0.15, -0.1) is 11.3 Å². The van der Waals surface area contributed by atoms with Crippen molar-refractivity contribution in [1.82, 2.24) is 4.90 Å². The van der Waals surface area contributed by atoms with Crippen LogP contribution in [0.1, 0.15) is 39.4 Å². The SMILES string of the molecule is Cc1ccc(CC(=O)Nc2cccc(C(=O)N3CCCCC3C(=O)O)c2)s1. The van der Waals surface area contributed by atoms with E-state index in [1.54, 1.807) is 35.6 Å². The number of amides is 2. The van der Waals surface area contributed by atoms with Crippen LogP contribution in [0, 0.1) is 6.92 Å². The number of thiophene rings is 1. The van der Waals surface area contributed by atoms with E-state index in [0.29, 0.717) is 24.2 Å². The van der Waals surface area contributed by atoms with Crippen LogP contribution in [0.5, 0.6) is 0 Å². The first-order chi connectivity index (χ1) is 12.9. The molecule has 142 valence electrons. The smallest absolute Gasteiger partial charge is 0.326 e. The van der Waals surface area contributed by atoms with Gasteiger partial charge in [0, 0.05) is 27.5 Å². The maximum Gasteiger partial charge on any atom is 0.326 e. The van der Waals surface area contributed by atoms with Gasteiger partial charge in [0.1, 0.15) is 6.04 Å². The van der Waals surface area contributed by atoms with Gasteiger partial charge >= 0.3 is 5.97 Å². The highest BCUT2D eigenvalue weighted by molar-refractivity contribution is 7.12. The number of carbonyl (C=O) groups excluding carboxylic acids is 2. The number of carbonyl (C=O) groups is 3. The van der Waals surface area contributed by atoms with E-state index in [1.807, 2.05) is 19.1 Å². The lowest BCUT2D eigenvalue weighted by molar-refractivity contribution is -0.143. The fourth-order valence-electron chi connectivity index (χ4n) is 3.27. The highest BCUT2D eigenvalue weighted by Gasteiger charge is 2.32. The predicted molar refractivity (Wildman–Crippen MR) is 104 cm³/mol. The Morgan fingerprint density at radius 2 is 2.04 bits per heavy atom. The quantitative estimate of drug-likeness (QED) is 0.825. The molecular weight excluding hydrogens is 364 g/mol. The molecule has 1 aromatic heterocycles. The van der Waals surface area contributed by atoms with Crippen LogP contribution in [0.3, 0.4) is 0 Å². The summed E-state index contributed by atoms with van der Waals surface area (Å²) in [5.41, 5.74) is 0.913. The van der Waals surface area contributed by atoms with Gasteiger partial charge in [-0.25, -0.2) is 4.79 Å². The van der Waals surface area contributed by atoms with Crippen molar-refractivity contribution in [3.8, 4) is 0 Å². The summed E-state index contributed by atoms with van der Waals surface area (Å²) in [6.07, 6.45) is 2.35. The summed E-state index contributed by atoms with van der Waals surface area (Å²) in [5.74, 6) is -1.44. The van der Waals surface area contributed by atoms with Gasteiger partial charge in [-0.3, -0.25) is 9.59 Å². The highest BCUT2D eigenvalue weighted by Crippen LogP contribution is 2.22. The number of hydrogen-bond donors (Lipinski definition) is 2. The Kier molecular flexibility index (Phi) is 5.91. The van der Waals surface area contributed by atoms with Crippen molar-refractivity contribution in [3.05, 3.63) is 51.7 Å². The molecule has 0 radical (unpaired) electrons. The van der Waals surface area contributed by atoms with Crippen LogP contribution in [0.15, 0.2) is 36.4 Å². The Morgan fingerprint density at radius 1 is 1.22 bits per heavy atom. The number of anilines is 1. The molecular formula is C20H22N2O4S. The molecule has 0 bridgehead atoms. The molecule has 2 heterocycles. The van der Waals surface area contributed by atoms with Gasteiger partial charge in [-0.1, -0.05) is 6.07 Å². The van der Waals surface area contributed by atoms with E-state index in [4.69, 9.17) is 0 Å². The lowest BCUT2D eigenvalue weighted by Gasteiger charge is -2.33. The standard InChI is InChI=1S/C20H22N2O4S/c1-13-8-9-16(27-13)12-18(23)21-15-6-4-5-14(11-15)19(24)22-10-3-2-7-17(22)20(25)26/h4-6,8-9,11,17H,2-3,7,10,12H2,1H3,(H,21,23)(H,25,26). The van der Waals surface area contributed by atoms with Crippen molar-refractivity contribution < 1.29 is 19.5 Å². The number of piperidine rings is 1. The fourth-order valence-corrected chi connectivity index (χ4v) is 4.16. The molecule has 0 aliphatic carbocycles. The zero-order valence-electron chi connectivity index (χ0n) is 15.1. The van der Waals surface area contributed by atoms with Crippen LogP contribution < -0.4 is 5.32 Å². The molecule has 1 saturated heterocycles. The maximum atomic E-state index is 12.8. The molecule has 27 heavy (non-hydrogen) atoms. The number of benzene rings is 1. The third-order valence-electron chi connectivity index (χ3n) is 4.57. The lowest BCUT2D eigenvalue weighted by Crippen LogP contribution is -2.48. The molecule has 1 fully saturated rings. The average molecular weight is 386 g/mol. The Bertz CT molecular complexity index is 861. The number of nitrogens with one attached hydrogen (secondary N) is 1. The molecule has 1 aliphatic rings. The number of carboxylic acids is 1. The second-order valence-electron chi connectivity index (χ2n) is 6.67. The molecule has 2 amide bonds. The molecule has 1 unspecified atom stereocenters. The summed E-state index contributed by atoms with van der Waals surface area (Å²) in [6.45, 7) is 2.43. The lowest BCUT2D eigenvalue weighted by atomic mass is 10.0. The van der Waals surface area contributed by atoms with E-state index in [1.165, 1.54) is 4.90 Å². The van der Waals surface area contributed by atoms with Crippen molar-refractivity contribution in [3.63, 3.8) is 0 Å². The molecule has 2 N–H and O–H groups in total. The monoisotopic (exact) mass is 386 g/mol. The number of likely N-dealkylation sites (tertiary alicyclic amines) is 1. The zero-order chi connectivity index (χ0) is 19.4. The second kappa shape index (κ2) is 8.35. The summed E-state index contributed by atoms with van der Waals surface area (Å²) in [4.78, 5) is 40.0. The second-order valence-corrected chi connectivity index (χ2v) is 8.04. The first-order valence-electron chi connectivity index (χ1n) is 8.93. The van der Waals surface area contributed by atoms with Crippen molar-refractivity contribution >= 4 is 34.8 Å². The summed E-state index contributed by atoms with van der Waals surface area (Å²) < 4.78 is 0. The Balaban J connectivity index is 1.69. The Morgan fingerprint density at radius 3 is 2.74 bits per heavy atom. The summed E-state index contributed by atoms with van der Waals surface area (Å²) >= 11 is 1.58. The summed E-state index contributed by atoms with van der Waals surface area (Å²) in [6, 6.07) is 9.79. The zero-order valence-corrected chi connectivity index (χ0v) is 15.9. The third-order valence-corrected chi connectivity index (χ3v) is 5.57. The van der Waals surface area contributed by atoms with Crippen molar-refractivity contribution in [2.75, 3.05) is 11.9 Å². The Hall–Kier alpha value is -2.67. The first-order valence-corrected chi connectivity index (χ1v) is 9.74. The molecule has 7 heteroatoms. The van der Waals surface area contributed by atoms with Gasteiger partial charge in [0.15, 0.2) is 0 Å². The Labute approximate surface area is 161 Å². The maximum absolute atomic E-state index is 12.8. The van der Waals surface area contributed by atoms with Gasteiger partial charge in [0.05, 0.1) is 6.42 Å². The van der Waals surface area contributed by atoms with E-state index < -0.39 is 12.0 Å². The van der Waals surface area contributed by atoms with E-state index >= 15 is 0 Å². The normalized spacial score (nSPS) is 16.8. The topological polar surface area (TPSA) is 86.7 Å². The molecule has 1 atom stereocenters. The minimum Gasteiger partial charge on any atom is -0.480 e. The summed E-state index contributed by atoms with van der Waals surface area (Å²) in [7, 11) is 0.